The van der Waals surface area contributed by atoms with Crippen LogP contribution in [0, 0.1) is 22.7 Å². The molecule has 0 saturated heterocycles. The molecule has 0 bridgehead atoms. The number of hydrogen-bond acceptors (Lipinski definition) is 8. The summed E-state index contributed by atoms with van der Waals surface area (Å²) in [5.41, 5.74) is 0.804. The van der Waals surface area contributed by atoms with Crippen LogP contribution in [0.5, 0.6) is 17.2 Å². The second-order valence-electron chi connectivity index (χ2n) is 4.80. The van der Waals surface area contributed by atoms with E-state index in [1.54, 1.807) is 30.3 Å². The van der Waals surface area contributed by atoms with E-state index in [0.29, 0.717) is 24.6 Å². The van der Waals surface area contributed by atoms with Gasteiger partial charge in [0.2, 0.25) is 0 Å². The molecule has 0 aliphatic carbocycles. The van der Waals surface area contributed by atoms with Gasteiger partial charge in [0.1, 0.15) is 17.9 Å². The van der Waals surface area contributed by atoms with Gasteiger partial charge in [-0.1, -0.05) is 12.1 Å². The highest BCUT2D eigenvalue weighted by Gasteiger charge is 2.11. The molecule has 0 aromatic heterocycles. The van der Waals surface area contributed by atoms with Crippen molar-refractivity contribution in [2.45, 2.75) is 0 Å². The van der Waals surface area contributed by atoms with Crippen LogP contribution in [0.25, 0.3) is 0 Å². The molecule has 0 aliphatic rings. The van der Waals surface area contributed by atoms with Gasteiger partial charge < -0.3 is 28.6 Å². The number of rotatable bonds is 8. The summed E-state index contributed by atoms with van der Waals surface area (Å²) in [6.45, 7) is 0.137. The predicted molar refractivity (Wildman–Crippen MR) is 104 cm³/mol. The zero-order valence-electron chi connectivity index (χ0n) is 15.2. The van der Waals surface area contributed by atoms with Crippen molar-refractivity contribution in [1.29, 1.82) is 10.5 Å². The van der Waals surface area contributed by atoms with Crippen molar-refractivity contribution in [1.82, 2.24) is 0 Å². The van der Waals surface area contributed by atoms with Crippen molar-refractivity contribution in [3.63, 3.8) is 0 Å². The van der Waals surface area contributed by atoms with Gasteiger partial charge in [-0.05, 0) is 40.2 Å². The minimum absolute atomic E-state index is 0.000478. The van der Waals surface area contributed by atoms with Gasteiger partial charge in [0, 0.05) is 14.2 Å². The second kappa shape index (κ2) is 13.4. The molecule has 0 spiro atoms. The van der Waals surface area contributed by atoms with E-state index in [1.165, 1.54) is 14.2 Å². The van der Waals surface area contributed by atoms with Gasteiger partial charge >= 0.3 is 7.69 Å². The van der Waals surface area contributed by atoms with Gasteiger partial charge in [0.25, 0.3) is 0 Å². The minimum Gasteiger partial charge on any atom is -0.535 e. The lowest BCUT2D eigenvalue weighted by atomic mass is 10.2. The molecule has 0 heterocycles. The van der Waals surface area contributed by atoms with E-state index in [2.05, 4.69) is 15.9 Å². The van der Waals surface area contributed by atoms with Crippen LogP contribution in [-0.4, -0.2) is 40.5 Å². The zero-order chi connectivity index (χ0) is 20.8. The largest absolute Gasteiger partial charge is 0.569 e. The molecule has 2 aromatic carbocycles. The quantitative estimate of drug-likeness (QED) is 0.485. The average molecular weight is 448 g/mol. The molecule has 0 atom stereocenters. The third-order valence-electron chi connectivity index (χ3n) is 3.01. The first-order valence-corrected chi connectivity index (χ1v) is 8.49. The number of ether oxygens (including phenoxy) is 4. The fourth-order valence-corrected chi connectivity index (χ4v) is 2.36. The number of para-hydroxylation sites is 2. The van der Waals surface area contributed by atoms with Crippen LogP contribution < -0.4 is 14.1 Å². The fourth-order valence-electron chi connectivity index (χ4n) is 1.88. The van der Waals surface area contributed by atoms with Gasteiger partial charge in [-0.3, -0.25) is 0 Å². The molecule has 145 valence electrons. The maximum atomic E-state index is 8.81. The number of halogens is 1. The van der Waals surface area contributed by atoms with Crippen molar-refractivity contribution in [2.75, 3.05) is 27.8 Å². The summed E-state index contributed by atoms with van der Waals surface area (Å²) < 4.78 is 25.4. The zero-order valence-corrected chi connectivity index (χ0v) is 16.8. The monoisotopic (exact) mass is 447 g/mol. The molecule has 0 fully saturated rings. The van der Waals surface area contributed by atoms with Gasteiger partial charge in [0.15, 0.2) is 25.1 Å². The van der Waals surface area contributed by atoms with Gasteiger partial charge in [-0.2, -0.15) is 10.5 Å². The molecule has 1 radical (unpaired) electrons. The van der Waals surface area contributed by atoms with E-state index in [0.717, 1.165) is 4.47 Å². The Labute approximate surface area is 172 Å². The summed E-state index contributed by atoms with van der Waals surface area (Å²) in [7, 11) is 3.52. The molecule has 0 aliphatic heterocycles. The Morgan fingerprint density at radius 3 is 2.00 bits per heavy atom. The van der Waals surface area contributed by atoms with E-state index in [1.807, 2.05) is 18.2 Å². The lowest BCUT2D eigenvalue weighted by Crippen LogP contribution is -2.06. The molecular weight excluding hydrogens is 431 g/mol. The molecule has 10 heteroatoms. The van der Waals surface area contributed by atoms with Crippen LogP contribution in [0.2, 0.25) is 0 Å². The maximum absolute atomic E-state index is 8.81. The van der Waals surface area contributed by atoms with E-state index in [9.17, 15) is 0 Å². The van der Waals surface area contributed by atoms with E-state index in [4.69, 9.17) is 39.1 Å². The second-order valence-corrected chi connectivity index (χ2v) is 5.65. The number of nitrogens with zero attached hydrogens (tertiary/aromatic N) is 2. The smallest absolute Gasteiger partial charge is 0.535 e. The highest BCUT2D eigenvalue weighted by molar-refractivity contribution is 9.10. The fraction of sp³-hybridized carbons (Fsp3) is 0.222. The Bertz CT molecular complexity index is 838. The van der Waals surface area contributed by atoms with Crippen LogP contribution in [0.1, 0.15) is 11.1 Å². The molecule has 0 amide bonds. The summed E-state index contributed by atoms with van der Waals surface area (Å²) >= 11 is 3.29. The first kappa shape index (κ1) is 23.3. The molecule has 2 aromatic rings. The number of nitriles is 2. The summed E-state index contributed by atoms with van der Waals surface area (Å²) in [4.78, 5) is 0. The van der Waals surface area contributed by atoms with Gasteiger partial charge in [-0.15, -0.1) is 0 Å². The molecule has 2 rings (SSSR count). The van der Waals surface area contributed by atoms with E-state index >= 15 is 0 Å². The SMILES string of the molecule is COCOc1c(Br)cccc1C#N.COCOc1c(C#N)cccc1O[B]O. The predicted octanol–water partition coefficient (Wildman–Crippen LogP) is 2.75. The van der Waals surface area contributed by atoms with Crippen LogP contribution in [-0.2, 0) is 9.47 Å². The van der Waals surface area contributed by atoms with Crippen LogP contribution in [0.15, 0.2) is 40.9 Å². The van der Waals surface area contributed by atoms with Crippen molar-refractivity contribution in [2.24, 2.45) is 0 Å². The first-order valence-electron chi connectivity index (χ1n) is 7.70. The van der Waals surface area contributed by atoms with Crippen molar-refractivity contribution in [3.8, 4) is 29.4 Å². The van der Waals surface area contributed by atoms with Gasteiger partial charge in [0.05, 0.1) is 15.6 Å². The molecule has 0 saturated carbocycles. The highest BCUT2D eigenvalue weighted by atomic mass is 79.9. The Hall–Kier alpha value is -2.76. The Morgan fingerprint density at radius 1 is 0.929 bits per heavy atom. The molecule has 1 N–H and O–H groups in total. The third kappa shape index (κ3) is 7.10. The standard InChI is InChI=1S/C9H9BNO4.C9H8BrNO2/c1-13-6-14-9-7(5-11)3-2-4-8(9)15-10-12;1-12-6-13-9-7(5-11)3-2-4-8(9)10/h2-4,12H,6H2,1H3;2-4H,6H2,1H3. The Balaban J connectivity index is 0.000000283. The number of benzene rings is 2. The minimum atomic E-state index is 0.000478. The van der Waals surface area contributed by atoms with Gasteiger partial charge in [-0.25, -0.2) is 0 Å². The molecule has 28 heavy (non-hydrogen) atoms. The maximum Gasteiger partial charge on any atom is 0.569 e. The van der Waals surface area contributed by atoms with Crippen molar-refractivity contribution in [3.05, 3.63) is 52.0 Å². The average Bonchev–Trinajstić information content (AvgIpc) is 2.72. The van der Waals surface area contributed by atoms with Crippen LogP contribution in [0.3, 0.4) is 0 Å². The normalized spacial score (nSPS) is 9.21. The Kier molecular flexibility index (Phi) is 11.2. The van der Waals surface area contributed by atoms with E-state index < -0.39 is 0 Å². The van der Waals surface area contributed by atoms with Crippen molar-refractivity contribution < 1.29 is 28.6 Å². The summed E-state index contributed by atoms with van der Waals surface area (Å²) in [5, 5.41) is 26.1. The highest BCUT2D eigenvalue weighted by Crippen LogP contribution is 2.30. The van der Waals surface area contributed by atoms with E-state index in [-0.39, 0.29) is 25.1 Å². The number of hydrogen-bond donors (Lipinski definition) is 1. The molecule has 8 nitrogen and oxygen atoms in total. The first-order chi connectivity index (χ1) is 13.6. The molecule has 0 unspecified atom stereocenters. The lowest BCUT2D eigenvalue weighted by molar-refractivity contribution is 0.0495. The summed E-state index contributed by atoms with van der Waals surface area (Å²) in [6, 6.07) is 14.0. The van der Waals surface area contributed by atoms with Crippen LogP contribution >= 0.6 is 15.9 Å². The summed E-state index contributed by atoms with van der Waals surface area (Å²) in [6.07, 6.45) is 0. The van der Waals surface area contributed by atoms with Crippen LogP contribution in [0.4, 0.5) is 0 Å². The molecular formula is C18H17BBrN2O6. The number of methoxy groups -OCH3 is 2. The Morgan fingerprint density at radius 2 is 1.46 bits per heavy atom. The van der Waals surface area contributed by atoms with Crippen molar-refractivity contribution >= 4 is 23.6 Å². The third-order valence-corrected chi connectivity index (χ3v) is 3.63. The topological polar surface area (TPSA) is 114 Å². The lowest BCUT2D eigenvalue weighted by Gasteiger charge is -2.11. The summed E-state index contributed by atoms with van der Waals surface area (Å²) in [5.74, 6) is 1.02.